The van der Waals surface area contributed by atoms with Crippen LogP contribution in [0.25, 0.3) is 0 Å². The van der Waals surface area contributed by atoms with Gasteiger partial charge in [-0.25, -0.2) is 0 Å². The van der Waals surface area contributed by atoms with Crippen LogP contribution >= 0.6 is 11.6 Å². The first-order valence-corrected chi connectivity index (χ1v) is 8.04. The predicted octanol–water partition coefficient (Wildman–Crippen LogP) is 4.70. The Morgan fingerprint density at radius 1 is 1.04 bits per heavy atom. The molecule has 4 nitrogen and oxygen atoms in total. The van der Waals surface area contributed by atoms with E-state index in [0.717, 1.165) is 22.6 Å². The molecule has 1 unspecified atom stereocenters. The van der Waals surface area contributed by atoms with Gasteiger partial charge in [0.05, 0.1) is 12.8 Å². The molecule has 2 heterocycles. The van der Waals surface area contributed by atoms with Gasteiger partial charge >= 0.3 is 0 Å². The highest BCUT2D eigenvalue weighted by atomic mass is 35.5. The number of hydrogen-bond acceptors (Lipinski definition) is 3. The number of anilines is 1. The van der Waals surface area contributed by atoms with Crippen LogP contribution in [0, 0.1) is 0 Å². The Morgan fingerprint density at radius 3 is 2.58 bits per heavy atom. The molecule has 2 aromatic carbocycles. The molecule has 0 saturated carbocycles. The van der Waals surface area contributed by atoms with Gasteiger partial charge in [0, 0.05) is 21.8 Å². The largest absolute Gasteiger partial charge is 0.467 e. The van der Waals surface area contributed by atoms with E-state index in [9.17, 15) is 4.79 Å². The Balaban J connectivity index is 1.68. The van der Waals surface area contributed by atoms with Crippen LogP contribution in [0.15, 0.2) is 71.3 Å². The van der Waals surface area contributed by atoms with Gasteiger partial charge in [-0.05, 0) is 42.5 Å². The molecular weight excluding hydrogens is 324 g/mol. The van der Waals surface area contributed by atoms with Crippen LogP contribution in [0.1, 0.15) is 27.8 Å². The molecule has 24 heavy (non-hydrogen) atoms. The van der Waals surface area contributed by atoms with Gasteiger partial charge in [-0.15, -0.1) is 0 Å². The maximum Gasteiger partial charge on any atom is 0.256 e. The minimum Gasteiger partial charge on any atom is -0.467 e. The number of halogens is 1. The number of rotatable bonds is 4. The van der Waals surface area contributed by atoms with E-state index in [-0.39, 0.29) is 12.1 Å². The third-order valence-corrected chi connectivity index (χ3v) is 4.36. The van der Waals surface area contributed by atoms with Crippen molar-refractivity contribution in [3.8, 4) is 0 Å². The van der Waals surface area contributed by atoms with Crippen molar-refractivity contribution in [2.75, 3.05) is 5.32 Å². The normalized spacial score (nSPS) is 16.3. The molecule has 0 spiro atoms. The third kappa shape index (κ3) is 2.65. The third-order valence-electron chi connectivity index (χ3n) is 4.11. The second-order valence-corrected chi connectivity index (χ2v) is 6.09. The maximum atomic E-state index is 12.8. The molecule has 4 rings (SSSR count). The second kappa shape index (κ2) is 6.06. The molecule has 1 aromatic heterocycles. The zero-order valence-corrected chi connectivity index (χ0v) is 13.5. The van der Waals surface area contributed by atoms with Crippen molar-refractivity contribution >= 4 is 23.2 Å². The van der Waals surface area contributed by atoms with Gasteiger partial charge in [0.25, 0.3) is 5.91 Å². The van der Waals surface area contributed by atoms with Crippen molar-refractivity contribution in [1.29, 1.82) is 0 Å². The van der Waals surface area contributed by atoms with Gasteiger partial charge in [0.2, 0.25) is 0 Å². The summed E-state index contributed by atoms with van der Waals surface area (Å²) in [5.41, 5.74) is 2.58. The Hall–Kier alpha value is -2.72. The molecule has 0 fully saturated rings. The molecule has 1 aliphatic heterocycles. The van der Waals surface area contributed by atoms with E-state index in [1.807, 2.05) is 60.7 Å². The highest BCUT2D eigenvalue weighted by molar-refractivity contribution is 6.30. The fourth-order valence-electron chi connectivity index (χ4n) is 2.96. The van der Waals surface area contributed by atoms with Gasteiger partial charge in [-0.2, -0.15) is 0 Å². The molecule has 120 valence electrons. The standard InChI is InChI=1S/C19H15ClN2O2/c20-13-7-9-14(10-8-13)21-18-16-5-1-2-6-17(16)19(23)22(18)12-15-4-3-11-24-15/h1-11,18,21H,12H2. The molecule has 0 saturated heterocycles. The number of benzene rings is 2. The van der Waals surface area contributed by atoms with Crippen molar-refractivity contribution in [3.05, 3.63) is 88.8 Å². The molecule has 0 radical (unpaired) electrons. The Morgan fingerprint density at radius 2 is 1.83 bits per heavy atom. The van der Waals surface area contributed by atoms with Gasteiger partial charge in [0.1, 0.15) is 11.9 Å². The molecule has 1 amide bonds. The summed E-state index contributed by atoms with van der Waals surface area (Å²) in [5, 5.41) is 4.10. The van der Waals surface area contributed by atoms with Gasteiger partial charge < -0.3 is 14.6 Å². The molecule has 3 aromatic rings. The van der Waals surface area contributed by atoms with Crippen LogP contribution in [-0.4, -0.2) is 10.8 Å². The number of furan rings is 1. The fourth-order valence-corrected chi connectivity index (χ4v) is 3.09. The Kier molecular flexibility index (Phi) is 3.75. The summed E-state index contributed by atoms with van der Waals surface area (Å²) in [4.78, 5) is 14.6. The maximum absolute atomic E-state index is 12.8. The number of nitrogens with zero attached hydrogens (tertiary/aromatic N) is 1. The lowest BCUT2D eigenvalue weighted by Crippen LogP contribution is -2.31. The molecule has 1 atom stereocenters. The van der Waals surface area contributed by atoms with E-state index in [1.54, 1.807) is 11.2 Å². The van der Waals surface area contributed by atoms with E-state index in [2.05, 4.69) is 5.32 Å². The summed E-state index contributed by atoms with van der Waals surface area (Å²) in [6.45, 7) is 0.409. The first-order valence-electron chi connectivity index (χ1n) is 7.67. The average Bonchev–Trinajstić information content (AvgIpc) is 3.20. The summed E-state index contributed by atoms with van der Waals surface area (Å²) in [7, 11) is 0. The van der Waals surface area contributed by atoms with Gasteiger partial charge in [0.15, 0.2) is 0 Å². The van der Waals surface area contributed by atoms with Crippen molar-refractivity contribution in [3.63, 3.8) is 0 Å². The first kappa shape index (κ1) is 14.8. The Labute approximate surface area is 144 Å². The number of hydrogen-bond donors (Lipinski definition) is 1. The van der Waals surface area contributed by atoms with Crippen LogP contribution in [0.4, 0.5) is 5.69 Å². The average molecular weight is 339 g/mol. The molecule has 0 bridgehead atoms. The van der Waals surface area contributed by atoms with Crippen LogP contribution in [0.5, 0.6) is 0 Å². The van der Waals surface area contributed by atoms with E-state index in [0.29, 0.717) is 11.6 Å². The SMILES string of the molecule is O=C1c2ccccc2C(Nc2ccc(Cl)cc2)N1Cc1ccco1. The number of nitrogens with one attached hydrogen (secondary N) is 1. The van der Waals surface area contributed by atoms with E-state index in [1.165, 1.54) is 0 Å². The van der Waals surface area contributed by atoms with Crippen LogP contribution in [0.3, 0.4) is 0 Å². The number of carbonyl (C=O) groups is 1. The first-order chi connectivity index (χ1) is 11.7. The minimum absolute atomic E-state index is 0.00605. The van der Waals surface area contributed by atoms with E-state index >= 15 is 0 Å². The lowest BCUT2D eigenvalue weighted by Gasteiger charge is -2.26. The molecule has 1 aliphatic rings. The van der Waals surface area contributed by atoms with Crippen molar-refractivity contribution in [1.82, 2.24) is 4.90 Å². The highest BCUT2D eigenvalue weighted by Crippen LogP contribution is 2.35. The molecule has 1 N–H and O–H groups in total. The number of fused-ring (bicyclic) bond motifs is 1. The van der Waals surface area contributed by atoms with Crippen LogP contribution < -0.4 is 5.32 Å². The van der Waals surface area contributed by atoms with Gasteiger partial charge in [-0.1, -0.05) is 29.8 Å². The van der Waals surface area contributed by atoms with E-state index in [4.69, 9.17) is 16.0 Å². The van der Waals surface area contributed by atoms with Crippen LogP contribution in [0.2, 0.25) is 5.02 Å². The molecular formula is C19H15ClN2O2. The summed E-state index contributed by atoms with van der Waals surface area (Å²) in [5.74, 6) is 0.743. The predicted molar refractivity (Wildman–Crippen MR) is 92.8 cm³/mol. The monoisotopic (exact) mass is 338 g/mol. The van der Waals surface area contributed by atoms with Crippen molar-refractivity contribution in [2.45, 2.75) is 12.7 Å². The van der Waals surface area contributed by atoms with Crippen LogP contribution in [-0.2, 0) is 6.54 Å². The summed E-state index contributed by atoms with van der Waals surface area (Å²) < 4.78 is 5.42. The molecule has 0 aliphatic carbocycles. The molecule has 5 heteroatoms. The highest BCUT2D eigenvalue weighted by Gasteiger charge is 2.36. The Bertz CT molecular complexity index is 859. The second-order valence-electron chi connectivity index (χ2n) is 5.65. The van der Waals surface area contributed by atoms with E-state index < -0.39 is 0 Å². The van der Waals surface area contributed by atoms with Crippen molar-refractivity contribution < 1.29 is 9.21 Å². The van der Waals surface area contributed by atoms with Gasteiger partial charge in [-0.3, -0.25) is 4.79 Å². The quantitative estimate of drug-likeness (QED) is 0.750. The zero-order chi connectivity index (χ0) is 16.5. The topological polar surface area (TPSA) is 45.5 Å². The number of carbonyl (C=O) groups excluding carboxylic acids is 1. The fraction of sp³-hybridized carbons (Fsp3) is 0.105. The summed E-state index contributed by atoms with van der Waals surface area (Å²) >= 11 is 5.95. The summed E-state index contributed by atoms with van der Waals surface area (Å²) in [6.07, 6.45) is 1.37. The summed E-state index contributed by atoms with van der Waals surface area (Å²) in [6, 6.07) is 18.8. The smallest absolute Gasteiger partial charge is 0.256 e. The lowest BCUT2D eigenvalue weighted by molar-refractivity contribution is 0.0715. The van der Waals surface area contributed by atoms with Crippen molar-refractivity contribution in [2.24, 2.45) is 0 Å². The minimum atomic E-state index is -0.250. The number of amides is 1. The lowest BCUT2D eigenvalue weighted by atomic mass is 10.1. The zero-order valence-electron chi connectivity index (χ0n) is 12.8.